The predicted octanol–water partition coefficient (Wildman–Crippen LogP) is 3.05. The zero-order valence-corrected chi connectivity index (χ0v) is 13.3. The fourth-order valence-corrected chi connectivity index (χ4v) is 3.19. The Morgan fingerprint density at radius 2 is 2.04 bits per heavy atom. The van der Waals surface area contributed by atoms with E-state index in [9.17, 15) is 9.18 Å². The van der Waals surface area contributed by atoms with Gasteiger partial charge in [-0.2, -0.15) is 0 Å². The van der Waals surface area contributed by atoms with Crippen LogP contribution in [-0.2, 0) is 4.79 Å². The minimum atomic E-state index is -0.270. The second kappa shape index (κ2) is 6.70. The molecule has 3 aromatic rings. The zero-order valence-electron chi connectivity index (χ0n) is 12.5. The third kappa shape index (κ3) is 3.29. The third-order valence-electron chi connectivity index (χ3n) is 3.45. The van der Waals surface area contributed by atoms with Gasteiger partial charge < -0.3 is 10.6 Å². The summed E-state index contributed by atoms with van der Waals surface area (Å²) in [5.74, 6) is 0.375. The van der Waals surface area contributed by atoms with Crippen LogP contribution in [0.1, 0.15) is 6.42 Å². The molecule has 2 aromatic heterocycles. The van der Waals surface area contributed by atoms with Crippen molar-refractivity contribution in [1.82, 2.24) is 15.3 Å². The number of fused-ring (bicyclic) bond motifs is 1. The van der Waals surface area contributed by atoms with Gasteiger partial charge in [-0.05, 0) is 17.7 Å². The van der Waals surface area contributed by atoms with Crippen LogP contribution < -0.4 is 10.6 Å². The number of amides is 1. The van der Waals surface area contributed by atoms with Crippen LogP contribution in [0, 0.1) is 5.82 Å². The monoisotopic (exact) mass is 330 g/mol. The summed E-state index contributed by atoms with van der Waals surface area (Å²) in [5.41, 5.74) is 1.86. The van der Waals surface area contributed by atoms with Crippen LogP contribution >= 0.6 is 11.3 Å². The molecule has 5 nitrogen and oxygen atoms in total. The minimum absolute atomic E-state index is 0.0353. The van der Waals surface area contributed by atoms with E-state index in [4.69, 9.17) is 0 Å². The summed E-state index contributed by atoms with van der Waals surface area (Å²) in [6.07, 6.45) is 1.85. The minimum Gasteiger partial charge on any atom is -0.369 e. The smallest absolute Gasteiger partial charge is 0.221 e. The third-order valence-corrected chi connectivity index (χ3v) is 4.34. The fourth-order valence-electron chi connectivity index (χ4n) is 2.27. The van der Waals surface area contributed by atoms with Gasteiger partial charge in [0.15, 0.2) is 0 Å². The lowest BCUT2D eigenvalue weighted by Gasteiger charge is -2.08. The van der Waals surface area contributed by atoms with Crippen molar-refractivity contribution in [1.29, 1.82) is 0 Å². The molecule has 0 aliphatic rings. The molecule has 0 bridgehead atoms. The maximum absolute atomic E-state index is 13.1. The maximum Gasteiger partial charge on any atom is 0.221 e. The van der Waals surface area contributed by atoms with Gasteiger partial charge in [0.1, 0.15) is 22.8 Å². The van der Waals surface area contributed by atoms with Crippen molar-refractivity contribution in [3.8, 4) is 11.1 Å². The van der Waals surface area contributed by atoms with E-state index in [1.54, 1.807) is 19.2 Å². The van der Waals surface area contributed by atoms with Crippen molar-refractivity contribution >= 4 is 33.3 Å². The number of carbonyl (C=O) groups excluding carboxylic acids is 1. The number of hydrogen-bond donors (Lipinski definition) is 2. The highest BCUT2D eigenvalue weighted by molar-refractivity contribution is 7.17. The van der Waals surface area contributed by atoms with Crippen LogP contribution in [0.3, 0.4) is 0 Å². The van der Waals surface area contributed by atoms with E-state index < -0.39 is 0 Å². The van der Waals surface area contributed by atoms with Crippen LogP contribution in [0.2, 0.25) is 0 Å². The average Bonchev–Trinajstić information content (AvgIpc) is 3.00. The normalized spacial score (nSPS) is 10.7. The van der Waals surface area contributed by atoms with Crippen molar-refractivity contribution in [2.24, 2.45) is 0 Å². The lowest BCUT2D eigenvalue weighted by Crippen LogP contribution is -2.21. The standard InChI is InChI=1S/C16H15FN4OS/c1-18-13(22)6-7-19-15-14-12(8-23-16(14)21-9-20-15)10-2-4-11(17)5-3-10/h2-5,8-9H,6-7H2,1H3,(H,18,22)(H,19,20,21). The van der Waals surface area contributed by atoms with Crippen LogP contribution in [-0.4, -0.2) is 29.5 Å². The SMILES string of the molecule is CNC(=O)CCNc1ncnc2scc(-c3ccc(F)cc3)c12. The second-order valence-electron chi connectivity index (χ2n) is 4.91. The van der Waals surface area contributed by atoms with E-state index in [1.807, 2.05) is 5.38 Å². The number of rotatable bonds is 5. The Morgan fingerprint density at radius 3 is 2.78 bits per heavy atom. The largest absolute Gasteiger partial charge is 0.369 e. The summed E-state index contributed by atoms with van der Waals surface area (Å²) < 4.78 is 13.1. The quantitative estimate of drug-likeness (QED) is 0.754. The summed E-state index contributed by atoms with van der Waals surface area (Å²) in [7, 11) is 1.61. The Bertz CT molecular complexity index is 832. The van der Waals surface area contributed by atoms with Crippen molar-refractivity contribution in [2.75, 3.05) is 18.9 Å². The Balaban J connectivity index is 1.94. The molecule has 0 aliphatic heterocycles. The Hall–Kier alpha value is -2.54. The molecule has 0 aliphatic carbocycles. The molecule has 0 spiro atoms. The molecule has 0 saturated carbocycles. The zero-order chi connectivity index (χ0) is 16.2. The highest BCUT2D eigenvalue weighted by atomic mass is 32.1. The number of anilines is 1. The summed E-state index contributed by atoms with van der Waals surface area (Å²) in [6.45, 7) is 0.477. The molecule has 0 saturated heterocycles. The summed E-state index contributed by atoms with van der Waals surface area (Å²) >= 11 is 1.51. The molecular formula is C16H15FN4OS. The van der Waals surface area contributed by atoms with E-state index in [0.29, 0.717) is 18.8 Å². The van der Waals surface area contributed by atoms with Crippen molar-refractivity contribution in [3.05, 3.63) is 41.8 Å². The van der Waals surface area contributed by atoms with Gasteiger partial charge in [-0.1, -0.05) is 12.1 Å². The van der Waals surface area contributed by atoms with Gasteiger partial charge >= 0.3 is 0 Å². The predicted molar refractivity (Wildman–Crippen MR) is 90.0 cm³/mol. The van der Waals surface area contributed by atoms with E-state index in [-0.39, 0.29) is 11.7 Å². The first-order valence-electron chi connectivity index (χ1n) is 7.11. The van der Waals surface area contributed by atoms with E-state index >= 15 is 0 Å². The first-order chi connectivity index (χ1) is 11.2. The van der Waals surface area contributed by atoms with Gasteiger partial charge in [0.05, 0.1) is 5.39 Å². The van der Waals surface area contributed by atoms with E-state index in [1.165, 1.54) is 29.8 Å². The van der Waals surface area contributed by atoms with Crippen LogP contribution in [0.15, 0.2) is 36.0 Å². The Labute approximate surface area is 136 Å². The topological polar surface area (TPSA) is 66.9 Å². The van der Waals surface area contributed by atoms with E-state index in [0.717, 1.165) is 21.3 Å². The van der Waals surface area contributed by atoms with Crippen LogP contribution in [0.4, 0.5) is 10.2 Å². The van der Waals surface area contributed by atoms with Gasteiger partial charge in [0, 0.05) is 31.0 Å². The first kappa shape index (κ1) is 15.4. The number of hydrogen-bond acceptors (Lipinski definition) is 5. The van der Waals surface area contributed by atoms with Gasteiger partial charge in [-0.25, -0.2) is 14.4 Å². The molecule has 7 heteroatoms. The molecule has 23 heavy (non-hydrogen) atoms. The van der Waals surface area contributed by atoms with Gasteiger partial charge in [0.2, 0.25) is 5.91 Å². The summed E-state index contributed by atoms with van der Waals surface area (Å²) in [4.78, 5) is 20.7. The number of halogens is 1. The number of aromatic nitrogens is 2. The van der Waals surface area contributed by atoms with Crippen LogP contribution in [0.25, 0.3) is 21.3 Å². The van der Waals surface area contributed by atoms with Gasteiger partial charge in [-0.3, -0.25) is 4.79 Å². The maximum atomic E-state index is 13.1. The number of benzene rings is 1. The molecule has 0 unspecified atom stereocenters. The molecule has 1 aromatic carbocycles. The Kier molecular flexibility index (Phi) is 4.47. The highest BCUT2D eigenvalue weighted by Crippen LogP contribution is 2.36. The molecule has 3 rings (SSSR count). The highest BCUT2D eigenvalue weighted by Gasteiger charge is 2.13. The molecular weight excluding hydrogens is 315 g/mol. The number of thiophene rings is 1. The number of carbonyl (C=O) groups is 1. The molecule has 1 amide bonds. The van der Waals surface area contributed by atoms with E-state index in [2.05, 4.69) is 20.6 Å². The Morgan fingerprint density at radius 1 is 1.26 bits per heavy atom. The van der Waals surface area contributed by atoms with Crippen LogP contribution in [0.5, 0.6) is 0 Å². The first-order valence-corrected chi connectivity index (χ1v) is 7.99. The van der Waals surface area contributed by atoms with Gasteiger partial charge in [0.25, 0.3) is 0 Å². The van der Waals surface area contributed by atoms with Crippen molar-refractivity contribution in [2.45, 2.75) is 6.42 Å². The lowest BCUT2D eigenvalue weighted by atomic mass is 10.1. The summed E-state index contributed by atoms with van der Waals surface area (Å²) in [5, 5.41) is 8.63. The molecule has 2 N–H and O–H groups in total. The molecule has 118 valence electrons. The average molecular weight is 330 g/mol. The van der Waals surface area contributed by atoms with Crippen molar-refractivity contribution in [3.63, 3.8) is 0 Å². The molecule has 0 fully saturated rings. The number of nitrogens with zero attached hydrogens (tertiary/aromatic N) is 2. The van der Waals surface area contributed by atoms with Gasteiger partial charge in [-0.15, -0.1) is 11.3 Å². The molecule has 2 heterocycles. The molecule has 0 radical (unpaired) electrons. The fraction of sp³-hybridized carbons (Fsp3) is 0.188. The summed E-state index contributed by atoms with van der Waals surface area (Å²) in [6, 6.07) is 6.33. The lowest BCUT2D eigenvalue weighted by molar-refractivity contribution is -0.120. The van der Waals surface area contributed by atoms with Crippen molar-refractivity contribution < 1.29 is 9.18 Å². The molecule has 0 atom stereocenters. The number of nitrogens with one attached hydrogen (secondary N) is 2. The second-order valence-corrected chi connectivity index (χ2v) is 5.77.